The standard InChI is InChI=1S/C11H16N2O2S.ClH/c1-9-2-7-13-11(8-9)16(14,15)10-3-5-12-6-4-10;/h2,7-8,10,12H,3-6H2,1H3;1H. The summed E-state index contributed by atoms with van der Waals surface area (Å²) in [5.74, 6) is 0. The molecule has 1 fully saturated rings. The molecule has 1 aliphatic heterocycles. The first-order valence-electron chi connectivity index (χ1n) is 5.48. The highest BCUT2D eigenvalue weighted by atomic mass is 35.5. The van der Waals surface area contributed by atoms with Gasteiger partial charge < -0.3 is 5.32 Å². The van der Waals surface area contributed by atoms with E-state index < -0.39 is 9.84 Å². The van der Waals surface area contributed by atoms with Crippen molar-refractivity contribution in [1.29, 1.82) is 0 Å². The lowest BCUT2D eigenvalue weighted by molar-refractivity contribution is 0.494. The van der Waals surface area contributed by atoms with E-state index in [2.05, 4.69) is 10.3 Å². The van der Waals surface area contributed by atoms with E-state index in [1.54, 1.807) is 18.3 Å². The molecule has 17 heavy (non-hydrogen) atoms. The van der Waals surface area contributed by atoms with Crippen molar-refractivity contribution >= 4 is 22.2 Å². The number of sulfone groups is 1. The smallest absolute Gasteiger partial charge is 0.198 e. The number of rotatable bonds is 2. The molecule has 2 heterocycles. The Kier molecular flexibility index (Phi) is 4.91. The van der Waals surface area contributed by atoms with Crippen LogP contribution >= 0.6 is 12.4 Å². The third-order valence-corrected chi connectivity index (χ3v) is 5.06. The Bertz CT molecular complexity index is 470. The van der Waals surface area contributed by atoms with Crippen LogP contribution in [-0.2, 0) is 9.84 Å². The first kappa shape index (κ1) is 14.4. The Morgan fingerprint density at radius 1 is 1.35 bits per heavy atom. The largest absolute Gasteiger partial charge is 0.317 e. The zero-order valence-electron chi connectivity index (χ0n) is 9.72. The van der Waals surface area contributed by atoms with Crippen LogP contribution in [0.25, 0.3) is 0 Å². The summed E-state index contributed by atoms with van der Waals surface area (Å²) < 4.78 is 24.5. The molecular weight excluding hydrogens is 260 g/mol. The van der Waals surface area contributed by atoms with Crippen molar-refractivity contribution in [3.8, 4) is 0 Å². The molecule has 0 atom stereocenters. The van der Waals surface area contributed by atoms with E-state index in [-0.39, 0.29) is 22.7 Å². The number of piperidine rings is 1. The third-order valence-electron chi connectivity index (χ3n) is 2.91. The minimum atomic E-state index is -3.24. The van der Waals surface area contributed by atoms with Crippen molar-refractivity contribution in [2.45, 2.75) is 30.0 Å². The van der Waals surface area contributed by atoms with Gasteiger partial charge in [-0.05, 0) is 50.6 Å². The average Bonchev–Trinajstić information content (AvgIpc) is 2.30. The predicted octanol–water partition coefficient (Wildman–Crippen LogP) is 1.34. The summed E-state index contributed by atoms with van der Waals surface area (Å²) in [6, 6.07) is 3.46. The summed E-state index contributed by atoms with van der Waals surface area (Å²) in [4.78, 5) is 3.98. The van der Waals surface area contributed by atoms with E-state index in [4.69, 9.17) is 0 Å². The van der Waals surface area contributed by atoms with Gasteiger partial charge in [-0.25, -0.2) is 13.4 Å². The summed E-state index contributed by atoms with van der Waals surface area (Å²) in [5, 5.41) is 3.11. The highest BCUT2D eigenvalue weighted by molar-refractivity contribution is 7.92. The van der Waals surface area contributed by atoms with Crippen LogP contribution in [0.5, 0.6) is 0 Å². The lowest BCUT2D eigenvalue weighted by Gasteiger charge is -2.22. The second-order valence-corrected chi connectivity index (χ2v) is 6.34. The van der Waals surface area contributed by atoms with Crippen molar-refractivity contribution < 1.29 is 8.42 Å². The molecule has 0 spiro atoms. The van der Waals surface area contributed by atoms with Gasteiger partial charge in [0.25, 0.3) is 0 Å². The van der Waals surface area contributed by atoms with Crippen molar-refractivity contribution in [1.82, 2.24) is 10.3 Å². The Morgan fingerprint density at radius 2 is 2.00 bits per heavy atom. The van der Waals surface area contributed by atoms with Crippen LogP contribution < -0.4 is 5.32 Å². The zero-order valence-corrected chi connectivity index (χ0v) is 11.4. The maximum atomic E-state index is 12.2. The highest BCUT2D eigenvalue weighted by Gasteiger charge is 2.29. The van der Waals surface area contributed by atoms with E-state index in [0.717, 1.165) is 18.7 Å². The number of nitrogens with one attached hydrogen (secondary N) is 1. The van der Waals surface area contributed by atoms with E-state index in [1.807, 2.05) is 6.92 Å². The fourth-order valence-electron chi connectivity index (χ4n) is 1.94. The molecule has 1 aromatic rings. The van der Waals surface area contributed by atoms with Gasteiger partial charge in [0.15, 0.2) is 14.9 Å². The third kappa shape index (κ3) is 3.18. The molecule has 1 saturated heterocycles. The molecule has 0 saturated carbocycles. The highest BCUT2D eigenvalue weighted by Crippen LogP contribution is 2.20. The van der Waals surface area contributed by atoms with Crippen LogP contribution in [0.1, 0.15) is 18.4 Å². The molecule has 1 aliphatic rings. The van der Waals surface area contributed by atoms with Crippen LogP contribution in [-0.4, -0.2) is 31.7 Å². The monoisotopic (exact) mass is 276 g/mol. The zero-order chi connectivity index (χ0) is 11.6. The molecule has 1 aromatic heterocycles. The molecule has 0 amide bonds. The Hall–Kier alpha value is -0.650. The molecule has 0 aliphatic carbocycles. The van der Waals surface area contributed by atoms with Crippen LogP contribution in [0.2, 0.25) is 0 Å². The molecule has 2 rings (SSSR count). The first-order chi connectivity index (χ1) is 7.60. The number of hydrogen-bond acceptors (Lipinski definition) is 4. The molecule has 0 radical (unpaired) electrons. The van der Waals surface area contributed by atoms with Gasteiger partial charge in [0.05, 0.1) is 5.25 Å². The number of halogens is 1. The van der Waals surface area contributed by atoms with Gasteiger partial charge in [-0.3, -0.25) is 0 Å². The SMILES string of the molecule is Cc1ccnc(S(=O)(=O)C2CCNCC2)c1.Cl. The van der Waals surface area contributed by atoms with E-state index in [0.29, 0.717) is 12.8 Å². The van der Waals surface area contributed by atoms with Crippen LogP contribution in [0.4, 0.5) is 0 Å². The second kappa shape index (κ2) is 5.80. The van der Waals surface area contributed by atoms with Gasteiger partial charge in [-0.2, -0.15) is 0 Å². The second-order valence-electron chi connectivity index (χ2n) is 4.17. The maximum absolute atomic E-state index is 12.2. The molecule has 0 unspecified atom stereocenters. The molecular formula is C11H17ClN2O2S. The van der Waals surface area contributed by atoms with Gasteiger partial charge in [0, 0.05) is 6.20 Å². The van der Waals surface area contributed by atoms with Crippen molar-refractivity contribution in [2.75, 3.05) is 13.1 Å². The number of nitrogens with zero attached hydrogens (tertiary/aromatic N) is 1. The number of pyridine rings is 1. The molecule has 1 N–H and O–H groups in total. The summed E-state index contributed by atoms with van der Waals surface area (Å²) >= 11 is 0. The number of aryl methyl sites for hydroxylation is 1. The van der Waals surface area contributed by atoms with Crippen LogP contribution in [0.15, 0.2) is 23.4 Å². The summed E-state index contributed by atoms with van der Waals surface area (Å²) in [5.41, 5.74) is 0.933. The first-order valence-corrected chi connectivity index (χ1v) is 7.02. The lowest BCUT2D eigenvalue weighted by atomic mass is 10.2. The summed E-state index contributed by atoms with van der Waals surface area (Å²) in [6.07, 6.45) is 2.92. The topological polar surface area (TPSA) is 59.1 Å². The van der Waals surface area contributed by atoms with Gasteiger partial charge in [0.2, 0.25) is 0 Å². The van der Waals surface area contributed by atoms with E-state index in [9.17, 15) is 8.42 Å². The van der Waals surface area contributed by atoms with E-state index >= 15 is 0 Å². The van der Waals surface area contributed by atoms with Crippen LogP contribution in [0.3, 0.4) is 0 Å². The molecule has 6 heteroatoms. The Morgan fingerprint density at radius 3 is 2.59 bits per heavy atom. The Balaban J connectivity index is 0.00000144. The molecule has 0 aromatic carbocycles. The van der Waals surface area contributed by atoms with Crippen LogP contribution in [0, 0.1) is 6.92 Å². The number of hydrogen-bond donors (Lipinski definition) is 1. The molecule has 0 bridgehead atoms. The normalized spacial score (nSPS) is 17.5. The van der Waals surface area contributed by atoms with E-state index in [1.165, 1.54) is 0 Å². The average molecular weight is 277 g/mol. The predicted molar refractivity (Wildman–Crippen MR) is 69.3 cm³/mol. The van der Waals surface area contributed by atoms with Gasteiger partial charge in [-0.1, -0.05) is 0 Å². The lowest BCUT2D eigenvalue weighted by Crippen LogP contribution is -2.36. The quantitative estimate of drug-likeness (QED) is 0.886. The summed E-state index contributed by atoms with van der Waals surface area (Å²) in [7, 11) is -3.24. The van der Waals surface area contributed by atoms with Crippen molar-refractivity contribution in [3.05, 3.63) is 23.9 Å². The summed E-state index contributed by atoms with van der Waals surface area (Å²) in [6.45, 7) is 3.43. The van der Waals surface area contributed by atoms with Gasteiger partial charge >= 0.3 is 0 Å². The maximum Gasteiger partial charge on any atom is 0.198 e. The van der Waals surface area contributed by atoms with Gasteiger partial charge in [0.1, 0.15) is 0 Å². The number of aromatic nitrogens is 1. The molecule has 4 nitrogen and oxygen atoms in total. The van der Waals surface area contributed by atoms with Crippen molar-refractivity contribution in [3.63, 3.8) is 0 Å². The van der Waals surface area contributed by atoms with Crippen molar-refractivity contribution in [2.24, 2.45) is 0 Å². The fourth-order valence-corrected chi connectivity index (χ4v) is 3.70. The molecule has 96 valence electrons. The minimum absolute atomic E-state index is 0. The minimum Gasteiger partial charge on any atom is -0.317 e. The fraction of sp³-hybridized carbons (Fsp3) is 0.545. The van der Waals surface area contributed by atoms with Gasteiger partial charge in [-0.15, -0.1) is 12.4 Å². The Labute approximate surface area is 108 Å².